The topological polar surface area (TPSA) is 77.7 Å². The minimum Gasteiger partial charge on any atom is -0.496 e. The van der Waals surface area contributed by atoms with Crippen molar-refractivity contribution in [2.24, 2.45) is 0 Å². The Kier molecular flexibility index (Phi) is 5.33. The summed E-state index contributed by atoms with van der Waals surface area (Å²) in [5, 5.41) is 7.64. The van der Waals surface area contributed by atoms with Crippen LogP contribution in [0.2, 0.25) is 0 Å². The van der Waals surface area contributed by atoms with Gasteiger partial charge in [-0.1, -0.05) is 25.1 Å². The highest BCUT2D eigenvalue weighted by molar-refractivity contribution is 5.78. The number of rotatable bonds is 7. The Balaban J connectivity index is 1.44. The van der Waals surface area contributed by atoms with Crippen molar-refractivity contribution in [2.45, 2.75) is 38.9 Å². The normalized spacial score (nSPS) is 15.7. The van der Waals surface area contributed by atoms with E-state index < -0.39 is 0 Å². The van der Waals surface area contributed by atoms with Crippen molar-refractivity contribution in [2.75, 3.05) is 20.2 Å². The van der Waals surface area contributed by atoms with Crippen LogP contribution in [0.25, 0.3) is 0 Å². The van der Waals surface area contributed by atoms with Gasteiger partial charge in [-0.2, -0.15) is 0 Å². The number of carbonyl (C=O) groups excluding carboxylic acids is 1. The van der Waals surface area contributed by atoms with E-state index >= 15 is 0 Å². The molecule has 25 heavy (non-hydrogen) atoms. The first-order valence-electron chi connectivity index (χ1n) is 8.38. The number of benzene rings is 1. The zero-order valence-electron chi connectivity index (χ0n) is 14.8. The molecule has 7 heteroatoms. The molecule has 0 N–H and O–H groups in total. The molecule has 2 aromatic rings. The van der Waals surface area contributed by atoms with Crippen LogP contribution in [0.15, 0.2) is 28.7 Å². The summed E-state index contributed by atoms with van der Waals surface area (Å²) in [5.41, 5.74) is 1.05. The number of hydrogen-bond acceptors (Lipinski definition) is 6. The molecule has 0 aliphatic carbocycles. The molecule has 1 aromatic carbocycles. The summed E-state index contributed by atoms with van der Waals surface area (Å²) in [6, 6.07) is 7.82. The van der Waals surface area contributed by atoms with Gasteiger partial charge in [-0.05, 0) is 17.5 Å². The van der Waals surface area contributed by atoms with Crippen molar-refractivity contribution in [3.8, 4) is 5.75 Å². The SMILES string of the molecule is COc1ccccc1C(C)CC(=O)N1CC(OCc2nnc(C)o2)C1. The fourth-order valence-corrected chi connectivity index (χ4v) is 2.91. The number of aromatic nitrogens is 2. The van der Waals surface area contributed by atoms with Crippen LogP contribution in [0.1, 0.15) is 36.6 Å². The molecule has 1 aliphatic heterocycles. The molecule has 2 heterocycles. The molecule has 0 bridgehead atoms. The highest BCUT2D eigenvalue weighted by atomic mass is 16.5. The number of aryl methyl sites for hydroxylation is 1. The van der Waals surface area contributed by atoms with E-state index in [2.05, 4.69) is 10.2 Å². The van der Waals surface area contributed by atoms with E-state index in [1.165, 1.54) is 0 Å². The van der Waals surface area contributed by atoms with Gasteiger partial charge in [-0.15, -0.1) is 10.2 Å². The number of nitrogens with zero attached hydrogens (tertiary/aromatic N) is 3. The quantitative estimate of drug-likeness (QED) is 0.766. The minimum atomic E-state index is 0.0257. The number of ether oxygens (including phenoxy) is 2. The van der Waals surface area contributed by atoms with Crippen molar-refractivity contribution in [3.05, 3.63) is 41.6 Å². The second-order valence-electron chi connectivity index (χ2n) is 6.29. The van der Waals surface area contributed by atoms with E-state index in [-0.39, 0.29) is 24.5 Å². The summed E-state index contributed by atoms with van der Waals surface area (Å²) in [6.45, 7) is 5.27. The van der Waals surface area contributed by atoms with E-state index in [4.69, 9.17) is 13.9 Å². The third-order valence-electron chi connectivity index (χ3n) is 4.36. The van der Waals surface area contributed by atoms with Crippen LogP contribution in [-0.4, -0.2) is 47.3 Å². The lowest BCUT2D eigenvalue weighted by Crippen LogP contribution is -2.54. The van der Waals surface area contributed by atoms with E-state index in [0.29, 0.717) is 31.3 Å². The molecule has 1 aliphatic rings. The predicted molar refractivity (Wildman–Crippen MR) is 90.2 cm³/mol. The molecule has 1 atom stereocenters. The highest BCUT2D eigenvalue weighted by Crippen LogP contribution is 2.29. The van der Waals surface area contributed by atoms with Gasteiger partial charge in [0.05, 0.1) is 13.2 Å². The molecule has 1 saturated heterocycles. The van der Waals surface area contributed by atoms with Gasteiger partial charge in [0.2, 0.25) is 17.7 Å². The van der Waals surface area contributed by atoms with Gasteiger partial charge in [0.25, 0.3) is 0 Å². The molecule has 0 spiro atoms. The average molecular weight is 345 g/mol. The van der Waals surface area contributed by atoms with E-state index in [1.54, 1.807) is 14.0 Å². The Hall–Kier alpha value is -2.41. The number of likely N-dealkylation sites (tertiary alicyclic amines) is 1. The maximum Gasteiger partial charge on any atom is 0.242 e. The second-order valence-corrected chi connectivity index (χ2v) is 6.29. The Morgan fingerprint density at radius 2 is 2.12 bits per heavy atom. The number of methoxy groups -OCH3 is 1. The van der Waals surface area contributed by atoms with E-state index in [0.717, 1.165) is 11.3 Å². The van der Waals surface area contributed by atoms with Crippen LogP contribution in [0.4, 0.5) is 0 Å². The van der Waals surface area contributed by atoms with Crippen LogP contribution < -0.4 is 4.74 Å². The summed E-state index contributed by atoms with van der Waals surface area (Å²) in [4.78, 5) is 14.2. The number of para-hydroxylation sites is 1. The molecule has 3 rings (SSSR count). The van der Waals surface area contributed by atoms with Crippen LogP contribution in [0, 0.1) is 6.92 Å². The number of amides is 1. The van der Waals surface area contributed by atoms with Crippen molar-refractivity contribution >= 4 is 5.91 Å². The zero-order valence-corrected chi connectivity index (χ0v) is 14.8. The monoisotopic (exact) mass is 345 g/mol. The Morgan fingerprint density at radius 1 is 1.36 bits per heavy atom. The molecule has 1 aromatic heterocycles. The lowest BCUT2D eigenvalue weighted by atomic mass is 9.95. The Bertz CT molecular complexity index is 725. The molecule has 1 unspecified atom stereocenters. The van der Waals surface area contributed by atoms with Crippen LogP contribution in [0.5, 0.6) is 5.75 Å². The maximum atomic E-state index is 12.4. The molecule has 7 nitrogen and oxygen atoms in total. The largest absolute Gasteiger partial charge is 0.496 e. The van der Waals surface area contributed by atoms with E-state index in [9.17, 15) is 4.79 Å². The first-order valence-corrected chi connectivity index (χ1v) is 8.38. The van der Waals surface area contributed by atoms with Gasteiger partial charge < -0.3 is 18.8 Å². The van der Waals surface area contributed by atoms with Crippen molar-refractivity contribution in [1.29, 1.82) is 0 Å². The van der Waals surface area contributed by atoms with Gasteiger partial charge in [-0.25, -0.2) is 0 Å². The van der Waals surface area contributed by atoms with Crippen LogP contribution in [-0.2, 0) is 16.1 Å². The zero-order chi connectivity index (χ0) is 17.8. The van der Waals surface area contributed by atoms with Gasteiger partial charge in [0, 0.05) is 26.4 Å². The standard InChI is InChI=1S/C18H23N3O4/c1-12(15-6-4-5-7-16(15)23-3)8-18(22)21-9-14(10-21)24-11-17-20-19-13(2)25-17/h4-7,12,14H,8-11H2,1-3H3. The van der Waals surface area contributed by atoms with Gasteiger partial charge in [-0.3, -0.25) is 4.79 Å². The van der Waals surface area contributed by atoms with Gasteiger partial charge in [0.1, 0.15) is 12.4 Å². The Morgan fingerprint density at radius 3 is 2.80 bits per heavy atom. The Labute approximate surface area is 146 Å². The third kappa shape index (κ3) is 4.17. The summed E-state index contributed by atoms with van der Waals surface area (Å²) < 4.78 is 16.3. The lowest BCUT2D eigenvalue weighted by Gasteiger charge is -2.39. The molecular weight excluding hydrogens is 322 g/mol. The van der Waals surface area contributed by atoms with Crippen molar-refractivity contribution in [1.82, 2.24) is 15.1 Å². The fourth-order valence-electron chi connectivity index (χ4n) is 2.91. The molecule has 1 fully saturated rings. The van der Waals surface area contributed by atoms with Crippen LogP contribution in [0.3, 0.4) is 0 Å². The summed E-state index contributed by atoms with van der Waals surface area (Å²) in [6.07, 6.45) is 0.480. The average Bonchev–Trinajstić information content (AvgIpc) is 2.98. The smallest absolute Gasteiger partial charge is 0.242 e. The maximum absolute atomic E-state index is 12.4. The summed E-state index contributed by atoms with van der Waals surface area (Å²) in [7, 11) is 1.65. The molecule has 0 saturated carbocycles. The number of hydrogen-bond donors (Lipinski definition) is 0. The highest BCUT2D eigenvalue weighted by Gasteiger charge is 2.32. The van der Waals surface area contributed by atoms with Crippen molar-refractivity contribution < 1.29 is 18.7 Å². The predicted octanol–water partition coefficient (Wildman–Crippen LogP) is 2.31. The molecule has 134 valence electrons. The lowest BCUT2D eigenvalue weighted by molar-refractivity contribution is -0.146. The van der Waals surface area contributed by atoms with Gasteiger partial charge >= 0.3 is 0 Å². The summed E-state index contributed by atoms with van der Waals surface area (Å²) in [5.74, 6) is 2.04. The third-order valence-corrected chi connectivity index (χ3v) is 4.36. The van der Waals surface area contributed by atoms with Gasteiger partial charge in [0.15, 0.2) is 0 Å². The van der Waals surface area contributed by atoms with Crippen molar-refractivity contribution in [3.63, 3.8) is 0 Å². The minimum absolute atomic E-state index is 0.0257. The first kappa shape index (κ1) is 17.4. The molecular formula is C18H23N3O4. The van der Waals surface area contributed by atoms with Crippen LogP contribution >= 0.6 is 0 Å². The molecule has 0 radical (unpaired) electrons. The number of carbonyl (C=O) groups is 1. The summed E-state index contributed by atoms with van der Waals surface area (Å²) >= 11 is 0. The van der Waals surface area contributed by atoms with E-state index in [1.807, 2.05) is 36.1 Å². The first-order chi connectivity index (χ1) is 12.1. The fraction of sp³-hybridized carbons (Fsp3) is 0.500. The molecule has 1 amide bonds. The second kappa shape index (κ2) is 7.65.